The highest BCUT2D eigenvalue weighted by Crippen LogP contribution is 2.30. The maximum Gasteiger partial charge on any atom is 0.234 e. The number of nitrogens with zero attached hydrogens (tertiary/aromatic N) is 2. The lowest BCUT2D eigenvalue weighted by Gasteiger charge is -2.10. The number of ketones is 1. The van der Waals surface area contributed by atoms with Crippen LogP contribution >= 0.6 is 11.6 Å². The van der Waals surface area contributed by atoms with Crippen LogP contribution in [0.1, 0.15) is 29.3 Å². The Balaban J connectivity index is 2.31. The topological polar surface area (TPSA) is 51.0 Å². The number of carbonyl (C=O) groups excluding carboxylic acids is 1. The van der Waals surface area contributed by atoms with Crippen molar-refractivity contribution < 1.29 is 9.53 Å². The third-order valence-corrected chi connectivity index (χ3v) is 2.89. The number of fused-ring (bicyclic) bond motifs is 1. The van der Waals surface area contributed by atoms with Crippen molar-refractivity contribution in [3.63, 3.8) is 0 Å². The van der Waals surface area contributed by atoms with Gasteiger partial charge in [-0.15, -0.1) is 0 Å². The summed E-state index contributed by atoms with van der Waals surface area (Å²) in [7, 11) is 1.64. The van der Waals surface area contributed by atoms with Gasteiger partial charge < -0.3 is 4.74 Å². The van der Waals surface area contributed by atoms with Gasteiger partial charge in [-0.1, -0.05) is 23.7 Å². The van der Waals surface area contributed by atoms with Crippen LogP contribution in [0.15, 0.2) is 28.2 Å². The minimum atomic E-state index is -0.397. The number of Topliss-reactive ketones (excluding diaryl/α,β-unsaturated/α-hetero) is 1. The lowest BCUT2D eigenvalue weighted by Crippen LogP contribution is -2.13. The first-order valence-electron chi connectivity index (χ1n) is 6.08. The van der Waals surface area contributed by atoms with Gasteiger partial charge >= 0.3 is 0 Å². The largest absolute Gasteiger partial charge is 0.437 e. The summed E-state index contributed by atoms with van der Waals surface area (Å²) in [6, 6.07) is 5.46. The van der Waals surface area contributed by atoms with Crippen molar-refractivity contribution in [2.75, 3.05) is 7.05 Å². The van der Waals surface area contributed by atoms with Gasteiger partial charge in [-0.3, -0.25) is 9.79 Å². The molecule has 0 radical (unpaired) electrons. The van der Waals surface area contributed by atoms with Crippen LogP contribution in [0, 0.1) is 0 Å². The molecule has 0 N–H and O–H groups in total. The summed E-state index contributed by atoms with van der Waals surface area (Å²) in [6.45, 7) is 1.74. The van der Waals surface area contributed by atoms with E-state index in [4.69, 9.17) is 16.3 Å². The first kappa shape index (κ1) is 13.7. The summed E-state index contributed by atoms with van der Waals surface area (Å²) in [5, 5.41) is 0. The zero-order chi connectivity index (χ0) is 13.8. The van der Waals surface area contributed by atoms with E-state index >= 15 is 0 Å². The summed E-state index contributed by atoms with van der Waals surface area (Å²) in [6.07, 6.45) is 2.75. The molecule has 1 aliphatic carbocycles. The molecule has 1 atom stereocenters. The van der Waals surface area contributed by atoms with Crippen LogP contribution in [0.5, 0.6) is 5.75 Å². The molecule has 2 rings (SSSR count). The quantitative estimate of drug-likeness (QED) is 0.369. The number of carbonyl (C=O) groups is 1. The van der Waals surface area contributed by atoms with E-state index in [2.05, 4.69) is 9.98 Å². The fraction of sp³-hybridized carbons (Fsp3) is 0.357. The predicted molar refractivity (Wildman–Crippen MR) is 76.9 cm³/mol. The standard InChI is InChI=1S/C14H15ClN2O2/c1-9(15)17-14(8-16-2)19-13-5-3-4-10-11(13)6-7-12(10)18/h3-5,8-9H,6-7H2,1-2H3. The van der Waals surface area contributed by atoms with Crippen molar-refractivity contribution in [2.45, 2.75) is 25.3 Å². The highest BCUT2D eigenvalue weighted by atomic mass is 35.5. The monoisotopic (exact) mass is 278 g/mol. The molecule has 1 aromatic rings. The van der Waals surface area contributed by atoms with Crippen LogP contribution in [-0.2, 0) is 6.42 Å². The van der Waals surface area contributed by atoms with Gasteiger partial charge in [-0.25, -0.2) is 4.99 Å². The zero-order valence-corrected chi connectivity index (χ0v) is 11.6. The van der Waals surface area contributed by atoms with Crippen LogP contribution in [0.4, 0.5) is 0 Å². The van der Waals surface area contributed by atoms with Crippen molar-refractivity contribution in [3.8, 4) is 5.75 Å². The molecule has 0 saturated heterocycles. The van der Waals surface area contributed by atoms with Crippen molar-refractivity contribution in [3.05, 3.63) is 29.3 Å². The normalized spacial score (nSPS) is 16.8. The maximum atomic E-state index is 11.7. The molecule has 0 spiro atoms. The molecular weight excluding hydrogens is 264 g/mol. The molecule has 19 heavy (non-hydrogen) atoms. The number of hydrogen-bond acceptors (Lipinski definition) is 4. The number of rotatable bonds is 3. The van der Waals surface area contributed by atoms with Gasteiger partial charge in [-0.05, 0) is 19.4 Å². The molecule has 100 valence electrons. The molecular formula is C14H15ClN2O2. The first-order valence-corrected chi connectivity index (χ1v) is 6.52. The number of hydrogen-bond donors (Lipinski definition) is 0. The lowest BCUT2D eigenvalue weighted by molar-refractivity contribution is 0.0994. The Hall–Kier alpha value is -1.68. The Morgan fingerprint density at radius 3 is 2.95 bits per heavy atom. The van der Waals surface area contributed by atoms with Gasteiger partial charge in [0.15, 0.2) is 5.78 Å². The maximum absolute atomic E-state index is 11.7. The van der Waals surface area contributed by atoms with Crippen molar-refractivity contribution in [1.29, 1.82) is 0 Å². The molecule has 5 heteroatoms. The molecule has 0 amide bonds. The fourth-order valence-electron chi connectivity index (χ4n) is 2.04. The second-order valence-corrected chi connectivity index (χ2v) is 4.87. The highest BCUT2D eigenvalue weighted by Gasteiger charge is 2.23. The van der Waals surface area contributed by atoms with E-state index in [0.29, 0.717) is 24.5 Å². The third-order valence-electron chi connectivity index (χ3n) is 2.79. The number of halogens is 1. The summed E-state index contributed by atoms with van der Waals surface area (Å²) < 4.78 is 5.72. The Bertz CT molecular complexity index is 550. The Morgan fingerprint density at radius 1 is 1.47 bits per heavy atom. The van der Waals surface area contributed by atoms with Crippen LogP contribution in [0.3, 0.4) is 0 Å². The fourth-order valence-corrected chi connectivity index (χ4v) is 2.13. The minimum absolute atomic E-state index is 0.161. The molecule has 0 aliphatic heterocycles. The number of benzene rings is 1. The van der Waals surface area contributed by atoms with Gasteiger partial charge in [-0.2, -0.15) is 0 Å². The van der Waals surface area contributed by atoms with Crippen LogP contribution in [-0.4, -0.2) is 30.4 Å². The van der Waals surface area contributed by atoms with Crippen molar-refractivity contribution in [1.82, 2.24) is 0 Å². The highest BCUT2D eigenvalue weighted by molar-refractivity contribution is 6.29. The molecule has 0 bridgehead atoms. The molecule has 0 aromatic heterocycles. The Morgan fingerprint density at radius 2 is 2.26 bits per heavy atom. The smallest absolute Gasteiger partial charge is 0.234 e. The number of alkyl halides is 1. The molecule has 4 nitrogen and oxygen atoms in total. The van der Waals surface area contributed by atoms with E-state index in [9.17, 15) is 4.79 Å². The van der Waals surface area contributed by atoms with Crippen LogP contribution in [0.25, 0.3) is 0 Å². The van der Waals surface area contributed by atoms with Gasteiger partial charge in [0, 0.05) is 24.6 Å². The predicted octanol–water partition coefficient (Wildman–Crippen LogP) is 2.88. The molecule has 1 unspecified atom stereocenters. The molecule has 0 saturated carbocycles. The Labute approximate surface area is 117 Å². The number of aliphatic imine (C=N–C) groups is 2. The summed E-state index contributed by atoms with van der Waals surface area (Å²) >= 11 is 5.83. The lowest BCUT2D eigenvalue weighted by atomic mass is 10.1. The van der Waals surface area contributed by atoms with Crippen LogP contribution < -0.4 is 4.74 Å². The van der Waals surface area contributed by atoms with E-state index in [1.165, 1.54) is 6.21 Å². The number of ether oxygens (including phenoxy) is 1. The summed E-state index contributed by atoms with van der Waals surface area (Å²) in [5.41, 5.74) is 1.28. The summed E-state index contributed by atoms with van der Waals surface area (Å²) in [5.74, 6) is 1.16. The van der Waals surface area contributed by atoms with E-state index < -0.39 is 5.50 Å². The molecule has 0 fully saturated rings. The van der Waals surface area contributed by atoms with E-state index in [0.717, 1.165) is 11.1 Å². The summed E-state index contributed by atoms with van der Waals surface area (Å²) in [4.78, 5) is 19.7. The van der Waals surface area contributed by atoms with Gasteiger partial charge in [0.1, 0.15) is 11.3 Å². The third kappa shape index (κ3) is 3.20. The first-order chi connectivity index (χ1) is 9.11. The minimum Gasteiger partial charge on any atom is -0.437 e. The van der Waals surface area contributed by atoms with Gasteiger partial charge in [0.25, 0.3) is 0 Å². The van der Waals surface area contributed by atoms with E-state index in [1.807, 2.05) is 18.2 Å². The average molecular weight is 279 g/mol. The zero-order valence-electron chi connectivity index (χ0n) is 10.9. The van der Waals surface area contributed by atoms with Gasteiger partial charge in [0.2, 0.25) is 5.90 Å². The van der Waals surface area contributed by atoms with E-state index in [1.54, 1.807) is 14.0 Å². The average Bonchev–Trinajstić information content (AvgIpc) is 2.72. The van der Waals surface area contributed by atoms with Crippen LogP contribution in [0.2, 0.25) is 0 Å². The Kier molecular flexibility index (Phi) is 4.32. The second kappa shape index (κ2) is 5.97. The molecule has 0 heterocycles. The second-order valence-electron chi connectivity index (χ2n) is 4.24. The SMILES string of the molecule is CN=CC(=NC(C)Cl)Oc1cccc2c1CCC2=O. The van der Waals surface area contributed by atoms with E-state index in [-0.39, 0.29) is 5.78 Å². The van der Waals surface area contributed by atoms with Gasteiger partial charge in [0.05, 0.1) is 6.21 Å². The molecule has 1 aromatic carbocycles. The van der Waals surface area contributed by atoms with Crippen molar-refractivity contribution in [2.24, 2.45) is 9.98 Å². The molecule has 1 aliphatic rings. The van der Waals surface area contributed by atoms with Crippen molar-refractivity contribution >= 4 is 29.5 Å².